The van der Waals surface area contributed by atoms with Gasteiger partial charge < -0.3 is 20.1 Å². The van der Waals surface area contributed by atoms with E-state index in [0.717, 1.165) is 62.9 Å². The average molecular weight is 649 g/mol. The largest absolute Gasteiger partial charge is 0.462 e. The summed E-state index contributed by atoms with van der Waals surface area (Å²) in [6.07, 6.45) is 7.34. The standard InChI is InChI=1S/C40H48N4O4/c1-6-27-22-26(14-17-33(27)28-18-20-43(21-19-28)39(46)48-40(3,4)5)23-31-16-15-29-10-9-13-34(36(29)31)30-11-8-12-32(24-30)44-37(41)35(25-42-44)38(45)47-7-2/h8-14,17,22,24-25,28,31H,6-7,15-16,18-21,23,41H2,1-5H3/t31-/m1/s1. The van der Waals surface area contributed by atoms with Crippen LogP contribution in [0.5, 0.6) is 0 Å². The number of nitrogen functional groups attached to an aromatic ring is 1. The van der Waals surface area contributed by atoms with Crippen LogP contribution >= 0.6 is 0 Å². The Morgan fingerprint density at radius 2 is 1.75 bits per heavy atom. The minimum Gasteiger partial charge on any atom is -0.462 e. The third kappa shape index (κ3) is 6.98. The highest BCUT2D eigenvalue weighted by Crippen LogP contribution is 2.43. The van der Waals surface area contributed by atoms with Gasteiger partial charge in [0.15, 0.2) is 0 Å². The Labute approximate surface area is 284 Å². The van der Waals surface area contributed by atoms with E-state index in [1.54, 1.807) is 11.6 Å². The predicted molar refractivity (Wildman–Crippen MR) is 190 cm³/mol. The lowest BCUT2D eigenvalue weighted by Crippen LogP contribution is -2.41. The fourth-order valence-electron chi connectivity index (χ4n) is 7.45. The highest BCUT2D eigenvalue weighted by atomic mass is 16.6. The first-order valence-corrected chi connectivity index (χ1v) is 17.4. The van der Waals surface area contributed by atoms with Gasteiger partial charge in [-0.25, -0.2) is 14.3 Å². The molecule has 1 aliphatic heterocycles. The normalized spacial score (nSPS) is 16.5. The van der Waals surface area contributed by atoms with E-state index in [4.69, 9.17) is 15.2 Å². The molecule has 1 aromatic heterocycles. The van der Waals surface area contributed by atoms with Gasteiger partial charge in [0, 0.05) is 13.1 Å². The number of carbonyl (C=O) groups is 2. The molecule has 0 bridgehead atoms. The van der Waals surface area contributed by atoms with Crippen LogP contribution in [0.2, 0.25) is 0 Å². The molecule has 1 aliphatic carbocycles. The summed E-state index contributed by atoms with van der Waals surface area (Å²) in [5, 5.41) is 4.42. The molecule has 1 saturated heterocycles. The van der Waals surface area contributed by atoms with Crippen LogP contribution in [0.15, 0.2) is 66.9 Å². The van der Waals surface area contributed by atoms with E-state index in [2.05, 4.69) is 60.6 Å². The SMILES string of the molecule is CCOC(=O)c1cnn(-c2cccc(-c3cccc4c3[C@@H](Cc3ccc(C5CCN(C(=O)OC(C)(C)C)CC5)c(CC)c3)CC4)c2)c1N. The topological polar surface area (TPSA) is 99.7 Å². The van der Waals surface area contributed by atoms with E-state index in [1.807, 2.05) is 37.8 Å². The first kappa shape index (κ1) is 33.3. The summed E-state index contributed by atoms with van der Waals surface area (Å²) in [6.45, 7) is 11.5. The maximum Gasteiger partial charge on any atom is 0.410 e. The van der Waals surface area contributed by atoms with E-state index < -0.39 is 11.6 Å². The van der Waals surface area contributed by atoms with Crippen molar-refractivity contribution in [3.8, 4) is 16.8 Å². The minimum atomic E-state index is -0.477. The van der Waals surface area contributed by atoms with Crippen molar-refractivity contribution in [3.63, 3.8) is 0 Å². The molecule has 0 spiro atoms. The van der Waals surface area contributed by atoms with Gasteiger partial charge in [-0.1, -0.05) is 55.5 Å². The molecule has 4 aromatic rings. The lowest BCUT2D eigenvalue weighted by molar-refractivity contribution is 0.0204. The van der Waals surface area contributed by atoms with Crippen LogP contribution in [0.1, 0.15) is 104 Å². The molecule has 8 heteroatoms. The van der Waals surface area contributed by atoms with Crippen molar-refractivity contribution in [1.29, 1.82) is 0 Å². The summed E-state index contributed by atoms with van der Waals surface area (Å²) in [6, 6.07) is 22.0. The number of rotatable bonds is 8. The Morgan fingerprint density at radius 1 is 0.979 bits per heavy atom. The summed E-state index contributed by atoms with van der Waals surface area (Å²) in [5.41, 5.74) is 16.3. The highest BCUT2D eigenvalue weighted by Gasteiger charge is 2.30. The summed E-state index contributed by atoms with van der Waals surface area (Å²) in [4.78, 5) is 26.8. The van der Waals surface area contributed by atoms with Crippen LogP contribution in [0.4, 0.5) is 10.6 Å². The number of aromatic nitrogens is 2. The molecule has 3 aromatic carbocycles. The Balaban J connectivity index is 1.20. The summed E-state index contributed by atoms with van der Waals surface area (Å²) in [5.74, 6) is 0.670. The fraction of sp³-hybridized carbons (Fsp3) is 0.425. The van der Waals surface area contributed by atoms with Gasteiger partial charge in [0.1, 0.15) is 17.0 Å². The summed E-state index contributed by atoms with van der Waals surface area (Å²) in [7, 11) is 0. The van der Waals surface area contributed by atoms with Gasteiger partial charge in [-0.05, 0) is 129 Å². The maximum absolute atomic E-state index is 12.6. The first-order chi connectivity index (χ1) is 23.1. The van der Waals surface area contributed by atoms with Crippen molar-refractivity contribution in [1.82, 2.24) is 14.7 Å². The zero-order valence-corrected chi connectivity index (χ0v) is 28.9. The fourth-order valence-corrected chi connectivity index (χ4v) is 7.45. The van der Waals surface area contributed by atoms with E-state index in [9.17, 15) is 9.59 Å². The molecule has 1 amide bonds. The number of aryl methyl sites for hydroxylation is 2. The van der Waals surface area contributed by atoms with Gasteiger partial charge in [-0.15, -0.1) is 0 Å². The van der Waals surface area contributed by atoms with Crippen LogP contribution in [0, 0.1) is 0 Å². The Hall–Kier alpha value is -4.59. The highest BCUT2D eigenvalue weighted by molar-refractivity contribution is 5.94. The van der Waals surface area contributed by atoms with E-state index in [1.165, 1.54) is 39.6 Å². The second-order valence-corrected chi connectivity index (χ2v) is 14.1. The molecular formula is C40H48N4O4. The molecule has 0 saturated carbocycles. The number of esters is 1. The number of amides is 1. The third-order valence-electron chi connectivity index (χ3n) is 9.73. The number of anilines is 1. The molecule has 0 radical (unpaired) electrons. The van der Waals surface area contributed by atoms with Gasteiger partial charge in [0.25, 0.3) is 0 Å². The molecule has 0 unspecified atom stereocenters. The summed E-state index contributed by atoms with van der Waals surface area (Å²) >= 11 is 0. The molecule has 2 aliphatic rings. The molecule has 1 fully saturated rings. The average Bonchev–Trinajstić information content (AvgIpc) is 3.67. The molecule has 6 rings (SSSR count). The van der Waals surface area contributed by atoms with Crippen LogP contribution in [0.3, 0.4) is 0 Å². The van der Waals surface area contributed by atoms with E-state index in [0.29, 0.717) is 11.8 Å². The molecular weight excluding hydrogens is 600 g/mol. The number of hydrogen-bond acceptors (Lipinski definition) is 6. The first-order valence-electron chi connectivity index (χ1n) is 17.4. The van der Waals surface area contributed by atoms with Crippen molar-refractivity contribution in [2.75, 3.05) is 25.4 Å². The number of benzene rings is 3. The van der Waals surface area contributed by atoms with Crippen molar-refractivity contribution in [2.24, 2.45) is 0 Å². The van der Waals surface area contributed by atoms with Crippen molar-refractivity contribution < 1.29 is 19.1 Å². The zero-order valence-electron chi connectivity index (χ0n) is 28.9. The van der Waals surface area contributed by atoms with E-state index >= 15 is 0 Å². The Kier molecular flexibility index (Phi) is 9.63. The van der Waals surface area contributed by atoms with E-state index in [-0.39, 0.29) is 24.1 Å². The lowest BCUT2D eigenvalue weighted by atomic mass is 9.83. The Morgan fingerprint density at radius 3 is 2.48 bits per heavy atom. The number of carbonyl (C=O) groups excluding carboxylic acids is 2. The predicted octanol–water partition coefficient (Wildman–Crippen LogP) is 8.25. The smallest absolute Gasteiger partial charge is 0.410 e. The van der Waals surface area contributed by atoms with Crippen molar-refractivity contribution in [3.05, 3.63) is 100 Å². The lowest BCUT2D eigenvalue weighted by Gasteiger charge is -2.34. The zero-order chi connectivity index (χ0) is 34.0. The van der Waals surface area contributed by atoms with Gasteiger partial charge in [0.2, 0.25) is 0 Å². The number of ether oxygens (including phenoxy) is 2. The number of piperidine rings is 1. The second kappa shape index (κ2) is 13.9. The van der Waals surface area contributed by atoms with Crippen LogP contribution in [-0.2, 0) is 28.7 Å². The minimum absolute atomic E-state index is 0.205. The molecule has 8 nitrogen and oxygen atoms in total. The molecule has 1 atom stereocenters. The third-order valence-corrected chi connectivity index (χ3v) is 9.73. The van der Waals surface area contributed by atoms with Crippen molar-refractivity contribution >= 4 is 17.9 Å². The second-order valence-electron chi connectivity index (χ2n) is 14.1. The van der Waals surface area contributed by atoms with Crippen molar-refractivity contribution in [2.45, 2.75) is 90.6 Å². The molecule has 252 valence electrons. The van der Waals surface area contributed by atoms with Crippen LogP contribution < -0.4 is 5.73 Å². The van der Waals surface area contributed by atoms with Gasteiger partial charge in [0.05, 0.1) is 18.5 Å². The number of hydrogen-bond donors (Lipinski definition) is 1. The molecule has 2 N–H and O–H groups in total. The number of nitrogens with two attached hydrogens (primary N) is 1. The molecule has 48 heavy (non-hydrogen) atoms. The van der Waals surface area contributed by atoms with Crippen LogP contribution in [0.25, 0.3) is 16.8 Å². The summed E-state index contributed by atoms with van der Waals surface area (Å²) < 4.78 is 12.4. The van der Waals surface area contributed by atoms with Crippen LogP contribution in [-0.4, -0.2) is 52.0 Å². The Bertz CT molecular complexity index is 1800. The van der Waals surface area contributed by atoms with Gasteiger partial charge in [-0.3, -0.25) is 0 Å². The quantitative estimate of drug-likeness (QED) is 0.193. The number of nitrogens with zero attached hydrogens (tertiary/aromatic N) is 3. The number of fused-ring (bicyclic) bond motifs is 1. The maximum atomic E-state index is 12.6. The van der Waals surface area contributed by atoms with Gasteiger partial charge in [-0.2, -0.15) is 5.10 Å². The monoisotopic (exact) mass is 648 g/mol. The van der Waals surface area contributed by atoms with Gasteiger partial charge >= 0.3 is 12.1 Å². The number of likely N-dealkylation sites (tertiary alicyclic amines) is 1. The molecule has 2 heterocycles.